The first-order chi connectivity index (χ1) is 21.4. The van der Waals surface area contributed by atoms with Crippen molar-refractivity contribution in [2.24, 2.45) is 5.73 Å². The van der Waals surface area contributed by atoms with E-state index in [1.165, 1.54) is 0 Å². The molecule has 1 aliphatic heterocycles. The topological polar surface area (TPSA) is 128 Å². The number of amides is 1. The Labute approximate surface area is 257 Å². The fraction of sp³-hybridized carbons (Fsp3) is 0.314. The number of aromatic nitrogens is 4. The molecule has 0 spiro atoms. The van der Waals surface area contributed by atoms with Crippen LogP contribution < -0.4 is 21.7 Å². The molecule has 44 heavy (non-hydrogen) atoms. The van der Waals surface area contributed by atoms with E-state index in [9.17, 15) is 4.79 Å². The number of piperidine rings is 1. The summed E-state index contributed by atoms with van der Waals surface area (Å²) >= 11 is 0. The van der Waals surface area contributed by atoms with Crippen molar-refractivity contribution in [3.8, 4) is 28.3 Å². The van der Waals surface area contributed by atoms with Crippen molar-refractivity contribution in [2.75, 3.05) is 23.7 Å². The Kier molecular flexibility index (Phi) is 7.26. The Morgan fingerprint density at radius 1 is 0.977 bits per heavy atom. The van der Waals surface area contributed by atoms with Crippen LogP contribution in [0.1, 0.15) is 51.0 Å². The molecule has 2 fully saturated rings. The normalized spacial score (nSPS) is 16.5. The van der Waals surface area contributed by atoms with Gasteiger partial charge in [0.2, 0.25) is 5.91 Å². The van der Waals surface area contributed by atoms with Crippen LogP contribution in [0.25, 0.3) is 39.5 Å². The Bertz CT molecular complexity index is 1820. The standard InChI is InChI=1S/C35H38N8O/c1-2-31(44)39-25-15-20-42(21-16-25)27-7-3-6-23(22-27)29-13-14-30-34(40-29)43(33(41-30)28-8-4-19-38-32(28)36)26-11-9-24(10-12-26)35(37)17-5-18-35/h3-4,6-14,19,22,25H,2,5,15-18,20-21,37H2,1H3,(H2,36,38)(H,39,44). The fourth-order valence-electron chi connectivity index (χ4n) is 6.41. The molecule has 1 saturated carbocycles. The highest BCUT2D eigenvalue weighted by Crippen LogP contribution is 2.39. The fourth-order valence-corrected chi connectivity index (χ4v) is 6.41. The van der Waals surface area contributed by atoms with E-state index in [1.54, 1.807) is 6.20 Å². The second-order valence-electron chi connectivity index (χ2n) is 12.0. The maximum atomic E-state index is 11.9. The van der Waals surface area contributed by atoms with Crippen LogP contribution in [0, 0.1) is 0 Å². The quantitative estimate of drug-likeness (QED) is 0.228. The highest BCUT2D eigenvalue weighted by molar-refractivity contribution is 5.85. The summed E-state index contributed by atoms with van der Waals surface area (Å²) in [6.45, 7) is 3.69. The van der Waals surface area contributed by atoms with Crippen LogP contribution in [-0.4, -0.2) is 44.6 Å². The van der Waals surface area contributed by atoms with Crippen LogP contribution in [-0.2, 0) is 10.3 Å². The number of imidazole rings is 1. The number of hydrogen-bond donors (Lipinski definition) is 3. The summed E-state index contributed by atoms with van der Waals surface area (Å²) in [6.07, 6.45) is 7.26. The maximum absolute atomic E-state index is 11.9. The minimum Gasteiger partial charge on any atom is -0.383 e. The largest absolute Gasteiger partial charge is 0.383 e. The molecule has 2 aliphatic rings. The predicted molar refractivity (Wildman–Crippen MR) is 175 cm³/mol. The number of rotatable bonds is 7. The third-order valence-electron chi connectivity index (χ3n) is 9.22. The van der Waals surface area contributed by atoms with Gasteiger partial charge in [-0.15, -0.1) is 0 Å². The molecule has 0 unspecified atom stereocenters. The molecule has 4 heterocycles. The first-order valence-electron chi connectivity index (χ1n) is 15.6. The van der Waals surface area contributed by atoms with Crippen LogP contribution in [0.2, 0.25) is 0 Å². The molecule has 1 aliphatic carbocycles. The van der Waals surface area contributed by atoms with E-state index in [-0.39, 0.29) is 17.5 Å². The SMILES string of the molecule is CCC(=O)NC1CCN(c2cccc(-c3ccc4nc(-c5cccnc5N)n(-c5ccc(C6(N)CCC6)cc5)c4n3)c2)CC1. The maximum Gasteiger partial charge on any atom is 0.219 e. The molecule has 9 nitrogen and oxygen atoms in total. The molecule has 0 atom stereocenters. The number of nitrogens with two attached hydrogens (primary N) is 2. The van der Waals surface area contributed by atoms with Crippen molar-refractivity contribution in [1.82, 2.24) is 24.8 Å². The Hall–Kier alpha value is -4.76. The van der Waals surface area contributed by atoms with E-state index in [0.717, 1.165) is 90.1 Å². The van der Waals surface area contributed by atoms with Gasteiger partial charge < -0.3 is 21.7 Å². The number of hydrogen-bond acceptors (Lipinski definition) is 7. The van der Waals surface area contributed by atoms with Gasteiger partial charge in [-0.25, -0.2) is 15.0 Å². The summed E-state index contributed by atoms with van der Waals surface area (Å²) in [5, 5.41) is 3.15. The molecule has 224 valence electrons. The van der Waals surface area contributed by atoms with Gasteiger partial charge in [0.1, 0.15) is 11.3 Å². The van der Waals surface area contributed by atoms with Crippen molar-refractivity contribution in [3.05, 3.63) is 84.6 Å². The van der Waals surface area contributed by atoms with Gasteiger partial charge in [0.05, 0.1) is 11.3 Å². The van der Waals surface area contributed by atoms with Crippen LogP contribution in [0.15, 0.2) is 79.0 Å². The molecule has 0 bridgehead atoms. The Morgan fingerprint density at radius 3 is 2.48 bits per heavy atom. The molecule has 1 amide bonds. The van der Waals surface area contributed by atoms with Crippen LogP contribution >= 0.6 is 0 Å². The summed E-state index contributed by atoms with van der Waals surface area (Å²) in [4.78, 5) is 28.8. The minimum absolute atomic E-state index is 0.123. The van der Waals surface area contributed by atoms with Gasteiger partial charge in [0.15, 0.2) is 11.5 Å². The number of anilines is 2. The van der Waals surface area contributed by atoms with Gasteiger partial charge >= 0.3 is 0 Å². The lowest BCUT2D eigenvalue weighted by Gasteiger charge is -2.38. The van der Waals surface area contributed by atoms with Gasteiger partial charge in [0.25, 0.3) is 0 Å². The molecule has 5 N–H and O–H groups in total. The molecule has 9 heteroatoms. The number of nitrogens with zero attached hydrogens (tertiary/aromatic N) is 5. The molecular weight excluding hydrogens is 548 g/mol. The summed E-state index contributed by atoms with van der Waals surface area (Å²) < 4.78 is 2.07. The first-order valence-corrected chi connectivity index (χ1v) is 15.6. The number of nitrogens with one attached hydrogen (secondary N) is 1. The molecule has 7 rings (SSSR count). The van der Waals surface area contributed by atoms with Gasteiger partial charge in [-0.3, -0.25) is 9.36 Å². The van der Waals surface area contributed by atoms with Crippen LogP contribution in [0.5, 0.6) is 0 Å². The average molecular weight is 587 g/mol. The van der Waals surface area contributed by atoms with Gasteiger partial charge in [-0.2, -0.15) is 0 Å². The van der Waals surface area contributed by atoms with E-state index >= 15 is 0 Å². The van der Waals surface area contributed by atoms with E-state index in [2.05, 4.69) is 68.3 Å². The number of benzene rings is 2. The van der Waals surface area contributed by atoms with Crippen molar-refractivity contribution in [1.29, 1.82) is 0 Å². The lowest BCUT2D eigenvalue weighted by Crippen LogP contribution is -2.44. The number of fused-ring (bicyclic) bond motifs is 1. The molecule has 0 radical (unpaired) electrons. The zero-order valence-corrected chi connectivity index (χ0v) is 25.0. The summed E-state index contributed by atoms with van der Waals surface area (Å²) in [5.74, 6) is 1.24. The van der Waals surface area contributed by atoms with E-state index in [1.807, 2.05) is 31.2 Å². The zero-order valence-electron chi connectivity index (χ0n) is 25.0. The molecule has 1 saturated heterocycles. The van der Waals surface area contributed by atoms with Gasteiger partial charge in [-0.05, 0) is 86.2 Å². The van der Waals surface area contributed by atoms with Crippen molar-refractivity contribution in [2.45, 2.75) is 57.0 Å². The third kappa shape index (κ3) is 5.17. The second kappa shape index (κ2) is 11.4. The Morgan fingerprint density at radius 2 is 1.77 bits per heavy atom. The molecule has 3 aromatic heterocycles. The third-order valence-corrected chi connectivity index (χ3v) is 9.22. The molecule has 2 aromatic carbocycles. The molecule has 5 aromatic rings. The minimum atomic E-state index is -0.235. The summed E-state index contributed by atoms with van der Waals surface area (Å²) in [5.41, 5.74) is 20.2. The lowest BCUT2D eigenvalue weighted by atomic mass is 9.73. The summed E-state index contributed by atoms with van der Waals surface area (Å²) in [7, 11) is 0. The highest BCUT2D eigenvalue weighted by atomic mass is 16.1. The number of pyridine rings is 2. The van der Waals surface area contributed by atoms with Gasteiger partial charge in [-0.1, -0.05) is 31.2 Å². The van der Waals surface area contributed by atoms with Crippen molar-refractivity contribution >= 4 is 28.6 Å². The monoisotopic (exact) mass is 586 g/mol. The predicted octanol–water partition coefficient (Wildman–Crippen LogP) is 5.56. The van der Waals surface area contributed by atoms with Crippen LogP contribution in [0.3, 0.4) is 0 Å². The average Bonchev–Trinajstić information content (AvgIpc) is 3.43. The van der Waals surface area contributed by atoms with E-state index in [0.29, 0.717) is 18.1 Å². The second-order valence-corrected chi connectivity index (χ2v) is 12.0. The number of carbonyl (C=O) groups is 1. The smallest absolute Gasteiger partial charge is 0.219 e. The van der Waals surface area contributed by atoms with Crippen molar-refractivity contribution in [3.63, 3.8) is 0 Å². The molecular formula is C35H38N8O. The first kappa shape index (κ1) is 28.0. The lowest BCUT2D eigenvalue weighted by molar-refractivity contribution is -0.121. The number of nitrogen functional groups attached to an aromatic ring is 1. The van der Waals surface area contributed by atoms with Gasteiger partial charge in [0, 0.05) is 54.2 Å². The van der Waals surface area contributed by atoms with E-state index in [4.69, 9.17) is 21.4 Å². The van der Waals surface area contributed by atoms with Crippen LogP contribution in [0.4, 0.5) is 11.5 Å². The highest BCUT2D eigenvalue weighted by Gasteiger charge is 2.34. The number of carbonyl (C=O) groups excluding carboxylic acids is 1. The van der Waals surface area contributed by atoms with Crippen molar-refractivity contribution < 1.29 is 4.79 Å². The Balaban J connectivity index is 1.25. The summed E-state index contributed by atoms with van der Waals surface area (Å²) in [6, 6.07) is 25.1. The van der Waals surface area contributed by atoms with E-state index < -0.39 is 0 Å². The zero-order chi connectivity index (χ0) is 30.3.